The van der Waals surface area contributed by atoms with Crippen LogP contribution in [0.1, 0.15) is 15.9 Å². The summed E-state index contributed by atoms with van der Waals surface area (Å²) in [6.45, 7) is 0. The Hall–Kier alpha value is -1.38. The standard InChI is InChI=1S/C15H10BrClO/c16-14(10-11-6-8-13(17)9-7-11)15(18)12-4-2-1-3-5-12/h1-10H. The maximum absolute atomic E-state index is 12.1. The van der Waals surface area contributed by atoms with E-state index in [2.05, 4.69) is 15.9 Å². The minimum absolute atomic E-state index is 0.0365. The lowest BCUT2D eigenvalue weighted by atomic mass is 10.1. The Morgan fingerprint density at radius 1 is 1.00 bits per heavy atom. The van der Waals surface area contributed by atoms with Crippen LogP contribution < -0.4 is 0 Å². The predicted octanol–water partition coefficient (Wildman–Crippen LogP) is 4.96. The number of hydrogen-bond donors (Lipinski definition) is 0. The van der Waals surface area contributed by atoms with Crippen LogP contribution in [0.2, 0.25) is 5.02 Å². The van der Waals surface area contributed by atoms with E-state index in [-0.39, 0.29) is 5.78 Å². The number of allylic oxidation sites excluding steroid dienone is 1. The van der Waals surface area contributed by atoms with Crippen LogP contribution in [-0.4, -0.2) is 5.78 Å². The van der Waals surface area contributed by atoms with Crippen molar-refractivity contribution in [3.63, 3.8) is 0 Å². The van der Waals surface area contributed by atoms with Crippen LogP contribution in [0.5, 0.6) is 0 Å². The Morgan fingerprint density at radius 2 is 1.61 bits per heavy atom. The zero-order valence-corrected chi connectivity index (χ0v) is 11.8. The molecule has 0 atom stereocenters. The Bertz CT molecular complexity index is 573. The van der Waals surface area contributed by atoms with E-state index in [1.54, 1.807) is 30.3 Å². The van der Waals surface area contributed by atoms with E-state index in [4.69, 9.17) is 11.6 Å². The number of Topliss-reactive ketones (excluding diaryl/α,β-unsaturated/α-hetero) is 1. The monoisotopic (exact) mass is 320 g/mol. The SMILES string of the molecule is O=C(C(Br)=Cc1ccc(Cl)cc1)c1ccccc1. The quantitative estimate of drug-likeness (QED) is 0.577. The molecule has 2 aromatic carbocycles. The van der Waals surface area contributed by atoms with Crippen molar-refractivity contribution in [1.82, 2.24) is 0 Å². The van der Waals surface area contributed by atoms with Crippen molar-refractivity contribution in [2.24, 2.45) is 0 Å². The van der Waals surface area contributed by atoms with Crippen molar-refractivity contribution in [3.05, 3.63) is 75.2 Å². The maximum atomic E-state index is 12.1. The van der Waals surface area contributed by atoms with E-state index in [0.717, 1.165) is 5.56 Å². The van der Waals surface area contributed by atoms with Gasteiger partial charge in [0, 0.05) is 10.6 Å². The molecule has 1 nitrogen and oxygen atoms in total. The average Bonchev–Trinajstić information content (AvgIpc) is 2.41. The second-order valence-corrected chi connectivity index (χ2v) is 5.03. The second kappa shape index (κ2) is 5.98. The van der Waals surface area contributed by atoms with Gasteiger partial charge >= 0.3 is 0 Å². The summed E-state index contributed by atoms with van der Waals surface area (Å²) in [4.78, 5) is 12.1. The largest absolute Gasteiger partial charge is 0.288 e. The van der Waals surface area contributed by atoms with Crippen LogP contribution in [0.3, 0.4) is 0 Å². The molecule has 0 radical (unpaired) electrons. The molecule has 0 spiro atoms. The van der Waals surface area contributed by atoms with E-state index < -0.39 is 0 Å². The number of benzene rings is 2. The summed E-state index contributed by atoms with van der Waals surface area (Å²) in [6, 6.07) is 16.5. The molecule has 0 N–H and O–H groups in total. The van der Waals surface area contributed by atoms with Crippen molar-refractivity contribution in [2.75, 3.05) is 0 Å². The van der Waals surface area contributed by atoms with Crippen molar-refractivity contribution >= 4 is 39.4 Å². The lowest BCUT2D eigenvalue weighted by molar-refractivity contribution is 0.104. The highest BCUT2D eigenvalue weighted by atomic mass is 79.9. The third-order valence-electron chi connectivity index (χ3n) is 2.42. The number of carbonyl (C=O) groups excluding carboxylic acids is 1. The number of halogens is 2. The first-order valence-corrected chi connectivity index (χ1v) is 6.56. The van der Waals surface area contributed by atoms with Crippen LogP contribution in [0.4, 0.5) is 0 Å². The minimum Gasteiger partial charge on any atom is -0.288 e. The van der Waals surface area contributed by atoms with E-state index in [9.17, 15) is 4.79 Å². The molecule has 3 heteroatoms. The van der Waals surface area contributed by atoms with Gasteiger partial charge in [-0.1, -0.05) is 54.1 Å². The average molecular weight is 322 g/mol. The highest BCUT2D eigenvalue weighted by Gasteiger charge is 2.08. The molecule has 0 aromatic heterocycles. The lowest BCUT2D eigenvalue weighted by Crippen LogP contribution is -1.97. The fourth-order valence-corrected chi connectivity index (χ4v) is 2.12. The molecule has 0 saturated heterocycles. The molecule has 0 amide bonds. The molecule has 0 unspecified atom stereocenters. The van der Waals surface area contributed by atoms with Gasteiger partial charge in [-0.2, -0.15) is 0 Å². The van der Waals surface area contributed by atoms with Gasteiger partial charge < -0.3 is 0 Å². The number of rotatable bonds is 3. The molecule has 0 bridgehead atoms. The third-order valence-corrected chi connectivity index (χ3v) is 3.26. The van der Waals surface area contributed by atoms with Gasteiger partial charge in [0.15, 0.2) is 5.78 Å². The molecular formula is C15H10BrClO. The molecule has 18 heavy (non-hydrogen) atoms. The number of ketones is 1. The molecule has 2 rings (SSSR count). The second-order valence-electron chi connectivity index (χ2n) is 3.74. The van der Waals surface area contributed by atoms with Gasteiger partial charge in [-0.25, -0.2) is 0 Å². The Labute approximate surface area is 119 Å². The zero-order chi connectivity index (χ0) is 13.0. The first-order chi connectivity index (χ1) is 8.66. The van der Waals surface area contributed by atoms with Crippen molar-refractivity contribution in [1.29, 1.82) is 0 Å². The van der Waals surface area contributed by atoms with Crippen LogP contribution in [-0.2, 0) is 0 Å². The smallest absolute Gasteiger partial charge is 0.199 e. The molecule has 0 aliphatic rings. The highest BCUT2D eigenvalue weighted by molar-refractivity contribution is 9.12. The van der Waals surface area contributed by atoms with Crippen LogP contribution in [0.15, 0.2) is 59.1 Å². The molecule has 0 fully saturated rings. The van der Waals surface area contributed by atoms with Crippen molar-refractivity contribution < 1.29 is 4.79 Å². The Balaban J connectivity index is 2.23. The number of hydrogen-bond acceptors (Lipinski definition) is 1. The van der Waals surface area contributed by atoms with E-state index in [1.165, 1.54) is 0 Å². The summed E-state index contributed by atoms with van der Waals surface area (Å²) in [6.07, 6.45) is 1.78. The van der Waals surface area contributed by atoms with Gasteiger partial charge in [-0.05, 0) is 39.7 Å². The summed E-state index contributed by atoms with van der Waals surface area (Å²) in [5, 5.41) is 0.678. The first-order valence-electron chi connectivity index (χ1n) is 5.39. The zero-order valence-electron chi connectivity index (χ0n) is 9.44. The van der Waals surface area contributed by atoms with Crippen LogP contribution in [0.25, 0.3) is 6.08 Å². The molecule has 90 valence electrons. The molecule has 0 aliphatic carbocycles. The van der Waals surface area contributed by atoms with Crippen LogP contribution in [0, 0.1) is 0 Å². The normalized spacial score (nSPS) is 11.3. The summed E-state index contributed by atoms with van der Waals surface area (Å²) < 4.78 is 0.524. The van der Waals surface area contributed by atoms with E-state index in [1.807, 2.05) is 30.3 Å². The van der Waals surface area contributed by atoms with Crippen LogP contribution >= 0.6 is 27.5 Å². The third kappa shape index (κ3) is 3.31. The summed E-state index contributed by atoms with van der Waals surface area (Å²) in [5.41, 5.74) is 1.59. The first kappa shape index (κ1) is 13.1. The minimum atomic E-state index is -0.0365. The Kier molecular flexibility index (Phi) is 4.34. The summed E-state index contributed by atoms with van der Waals surface area (Å²) in [5.74, 6) is -0.0365. The van der Waals surface area contributed by atoms with Crippen molar-refractivity contribution in [3.8, 4) is 0 Å². The molecule has 2 aromatic rings. The highest BCUT2D eigenvalue weighted by Crippen LogP contribution is 2.19. The van der Waals surface area contributed by atoms with Gasteiger partial charge in [-0.15, -0.1) is 0 Å². The lowest BCUT2D eigenvalue weighted by Gasteiger charge is -2.00. The molecule has 0 saturated carbocycles. The van der Waals surface area contributed by atoms with Gasteiger partial charge in [0.05, 0.1) is 4.48 Å². The number of carbonyl (C=O) groups is 1. The van der Waals surface area contributed by atoms with Gasteiger partial charge in [0.1, 0.15) is 0 Å². The van der Waals surface area contributed by atoms with Gasteiger partial charge in [0.25, 0.3) is 0 Å². The van der Waals surface area contributed by atoms with E-state index >= 15 is 0 Å². The molecular weight excluding hydrogens is 312 g/mol. The fourth-order valence-electron chi connectivity index (χ4n) is 1.50. The maximum Gasteiger partial charge on any atom is 0.199 e. The van der Waals surface area contributed by atoms with Crippen molar-refractivity contribution in [2.45, 2.75) is 0 Å². The van der Waals surface area contributed by atoms with Gasteiger partial charge in [-0.3, -0.25) is 4.79 Å². The molecule has 0 heterocycles. The van der Waals surface area contributed by atoms with E-state index in [0.29, 0.717) is 15.1 Å². The summed E-state index contributed by atoms with van der Waals surface area (Å²) in [7, 11) is 0. The molecule has 0 aliphatic heterocycles. The Morgan fingerprint density at radius 3 is 2.22 bits per heavy atom. The fraction of sp³-hybridized carbons (Fsp3) is 0. The van der Waals surface area contributed by atoms with Gasteiger partial charge in [0.2, 0.25) is 0 Å². The summed E-state index contributed by atoms with van der Waals surface area (Å²) >= 11 is 9.12. The predicted molar refractivity (Wildman–Crippen MR) is 79.1 cm³/mol. The topological polar surface area (TPSA) is 17.1 Å².